The number of hydrogen-bond donors (Lipinski definition) is 2. The van der Waals surface area contributed by atoms with E-state index < -0.39 is 0 Å². The van der Waals surface area contributed by atoms with E-state index in [-0.39, 0.29) is 24.0 Å². The summed E-state index contributed by atoms with van der Waals surface area (Å²) in [4.78, 5) is 4.66. The normalized spacial score (nSPS) is 19.1. The Kier molecular flexibility index (Phi) is 8.44. The van der Waals surface area contributed by atoms with Crippen molar-refractivity contribution in [3.63, 3.8) is 0 Å². The van der Waals surface area contributed by atoms with Crippen molar-refractivity contribution in [1.29, 1.82) is 0 Å². The Morgan fingerprint density at radius 2 is 1.71 bits per heavy atom. The van der Waals surface area contributed by atoms with E-state index in [2.05, 4.69) is 29.5 Å². The van der Waals surface area contributed by atoms with Crippen LogP contribution >= 0.6 is 24.0 Å². The molecule has 2 unspecified atom stereocenters. The number of benzene rings is 1. The Morgan fingerprint density at radius 1 is 1.12 bits per heavy atom. The number of hydrogen-bond acceptors (Lipinski definition) is 4. The fourth-order valence-electron chi connectivity index (χ4n) is 2.40. The van der Waals surface area contributed by atoms with Gasteiger partial charge < -0.3 is 24.8 Å². The Labute approximate surface area is 161 Å². The molecule has 0 aliphatic heterocycles. The van der Waals surface area contributed by atoms with Crippen molar-refractivity contribution in [2.75, 3.05) is 27.9 Å². The molecule has 0 radical (unpaired) electrons. The van der Waals surface area contributed by atoms with E-state index >= 15 is 0 Å². The molecule has 136 valence electrons. The van der Waals surface area contributed by atoms with Crippen LogP contribution in [0.2, 0.25) is 0 Å². The van der Waals surface area contributed by atoms with Crippen molar-refractivity contribution in [1.82, 2.24) is 10.6 Å². The van der Waals surface area contributed by atoms with Crippen LogP contribution in [0.15, 0.2) is 17.1 Å². The summed E-state index contributed by atoms with van der Waals surface area (Å²) in [5, 5.41) is 6.72. The van der Waals surface area contributed by atoms with E-state index in [1.807, 2.05) is 12.1 Å². The van der Waals surface area contributed by atoms with Crippen LogP contribution < -0.4 is 24.8 Å². The molecule has 0 heterocycles. The second kappa shape index (κ2) is 9.80. The SMILES string of the molecule is CCNC(=NCc1cc(OC)c(OC)cc1OC)NC1CC1C.I. The lowest BCUT2D eigenvalue weighted by Gasteiger charge is -2.14. The minimum atomic E-state index is 0. The molecule has 1 aliphatic carbocycles. The molecule has 0 amide bonds. The van der Waals surface area contributed by atoms with Crippen molar-refractivity contribution in [2.45, 2.75) is 32.9 Å². The number of halogens is 1. The lowest BCUT2D eigenvalue weighted by atomic mass is 10.1. The molecule has 2 rings (SSSR count). The molecule has 1 saturated carbocycles. The largest absolute Gasteiger partial charge is 0.496 e. The predicted octanol–water partition coefficient (Wildman–Crippen LogP) is 2.79. The van der Waals surface area contributed by atoms with Crippen molar-refractivity contribution in [3.8, 4) is 17.2 Å². The zero-order valence-electron chi connectivity index (χ0n) is 15.0. The Bertz CT molecular complexity index is 566. The topological polar surface area (TPSA) is 64.1 Å². The van der Waals surface area contributed by atoms with Crippen LogP contribution in [0.3, 0.4) is 0 Å². The van der Waals surface area contributed by atoms with E-state index in [1.54, 1.807) is 21.3 Å². The van der Waals surface area contributed by atoms with Gasteiger partial charge in [0.25, 0.3) is 0 Å². The standard InChI is InChI=1S/C17H27N3O3.HI/c1-6-18-17(20-13-7-11(13)2)19-10-12-8-15(22-4)16(23-5)9-14(12)21-3;/h8-9,11,13H,6-7,10H2,1-5H3,(H2,18,19,20);1H. The molecule has 0 spiro atoms. The Balaban J connectivity index is 0.00000288. The maximum atomic E-state index is 5.44. The maximum Gasteiger partial charge on any atom is 0.191 e. The first-order valence-electron chi connectivity index (χ1n) is 7.96. The third kappa shape index (κ3) is 5.32. The summed E-state index contributed by atoms with van der Waals surface area (Å²) in [6.45, 7) is 5.62. The molecular formula is C17H28IN3O3. The second-order valence-corrected chi connectivity index (χ2v) is 5.68. The number of rotatable bonds is 7. The smallest absolute Gasteiger partial charge is 0.191 e. The average molecular weight is 449 g/mol. The van der Waals surface area contributed by atoms with Gasteiger partial charge in [0.1, 0.15) is 5.75 Å². The minimum absolute atomic E-state index is 0. The van der Waals surface area contributed by atoms with Crippen molar-refractivity contribution in [3.05, 3.63) is 17.7 Å². The van der Waals surface area contributed by atoms with Crippen LogP contribution in [0.1, 0.15) is 25.8 Å². The second-order valence-electron chi connectivity index (χ2n) is 5.68. The number of ether oxygens (including phenoxy) is 3. The molecule has 1 aliphatic rings. The van der Waals surface area contributed by atoms with Crippen LogP contribution in [0, 0.1) is 5.92 Å². The zero-order valence-corrected chi connectivity index (χ0v) is 17.3. The fourth-order valence-corrected chi connectivity index (χ4v) is 2.40. The maximum absolute atomic E-state index is 5.44. The molecule has 24 heavy (non-hydrogen) atoms. The minimum Gasteiger partial charge on any atom is -0.496 e. The van der Waals surface area contributed by atoms with Gasteiger partial charge in [0.15, 0.2) is 17.5 Å². The van der Waals surface area contributed by atoms with Crippen molar-refractivity contribution in [2.24, 2.45) is 10.9 Å². The third-order valence-corrected chi connectivity index (χ3v) is 3.97. The molecule has 1 aromatic rings. The van der Waals surface area contributed by atoms with Gasteiger partial charge in [-0.2, -0.15) is 0 Å². The number of nitrogens with zero attached hydrogens (tertiary/aromatic N) is 1. The first-order valence-corrected chi connectivity index (χ1v) is 7.96. The lowest BCUT2D eigenvalue weighted by Crippen LogP contribution is -2.39. The van der Waals surface area contributed by atoms with Crippen LogP contribution in [0.25, 0.3) is 0 Å². The number of nitrogens with one attached hydrogen (secondary N) is 2. The summed E-state index contributed by atoms with van der Waals surface area (Å²) in [7, 11) is 4.88. The van der Waals surface area contributed by atoms with E-state index in [9.17, 15) is 0 Å². The molecule has 7 heteroatoms. The van der Waals surface area contributed by atoms with Gasteiger partial charge in [-0.05, 0) is 25.3 Å². The highest BCUT2D eigenvalue weighted by molar-refractivity contribution is 14.0. The van der Waals surface area contributed by atoms with Gasteiger partial charge >= 0.3 is 0 Å². The van der Waals surface area contributed by atoms with Gasteiger partial charge in [-0.25, -0.2) is 4.99 Å². The van der Waals surface area contributed by atoms with Gasteiger partial charge in [0, 0.05) is 24.2 Å². The van der Waals surface area contributed by atoms with E-state index in [0.29, 0.717) is 24.1 Å². The fraction of sp³-hybridized carbons (Fsp3) is 0.588. The van der Waals surface area contributed by atoms with Gasteiger partial charge in [0.2, 0.25) is 0 Å². The van der Waals surface area contributed by atoms with E-state index in [1.165, 1.54) is 6.42 Å². The molecular weight excluding hydrogens is 421 g/mol. The van der Waals surface area contributed by atoms with Gasteiger partial charge in [-0.15, -0.1) is 24.0 Å². The monoisotopic (exact) mass is 449 g/mol. The summed E-state index contributed by atoms with van der Waals surface area (Å²) in [6, 6.07) is 4.26. The lowest BCUT2D eigenvalue weighted by molar-refractivity contribution is 0.347. The zero-order chi connectivity index (χ0) is 16.8. The van der Waals surface area contributed by atoms with Crippen LogP contribution in [0.4, 0.5) is 0 Å². The summed E-state index contributed by atoms with van der Waals surface area (Å²) in [5.74, 6) is 3.61. The molecule has 2 N–H and O–H groups in total. The highest BCUT2D eigenvalue weighted by Crippen LogP contribution is 2.35. The van der Waals surface area contributed by atoms with Gasteiger partial charge in [0.05, 0.1) is 27.9 Å². The molecule has 0 aromatic heterocycles. The van der Waals surface area contributed by atoms with Crippen LogP contribution in [-0.2, 0) is 6.54 Å². The van der Waals surface area contributed by atoms with Gasteiger partial charge in [-0.3, -0.25) is 0 Å². The molecule has 2 atom stereocenters. The average Bonchev–Trinajstić information content (AvgIpc) is 3.26. The molecule has 6 nitrogen and oxygen atoms in total. The molecule has 1 aromatic carbocycles. The molecule has 1 fully saturated rings. The summed E-state index contributed by atoms with van der Waals surface area (Å²) in [5.41, 5.74) is 0.950. The first kappa shape index (κ1) is 20.7. The third-order valence-electron chi connectivity index (χ3n) is 3.97. The number of guanidine groups is 1. The molecule has 0 bridgehead atoms. The van der Waals surface area contributed by atoms with Crippen molar-refractivity contribution < 1.29 is 14.2 Å². The van der Waals surface area contributed by atoms with E-state index in [4.69, 9.17) is 14.2 Å². The quantitative estimate of drug-likeness (QED) is 0.381. The number of aliphatic imine (C=N–C) groups is 1. The highest BCUT2D eigenvalue weighted by atomic mass is 127. The first-order chi connectivity index (χ1) is 11.1. The van der Waals surface area contributed by atoms with Crippen LogP contribution in [-0.4, -0.2) is 39.9 Å². The molecule has 0 saturated heterocycles. The van der Waals surface area contributed by atoms with Crippen LogP contribution in [0.5, 0.6) is 17.2 Å². The van der Waals surface area contributed by atoms with Crippen molar-refractivity contribution >= 4 is 29.9 Å². The predicted molar refractivity (Wildman–Crippen MR) is 107 cm³/mol. The van der Waals surface area contributed by atoms with Gasteiger partial charge in [-0.1, -0.05) is 6.92 Å². The Morgan fingerprint density at radius 3 is 2.21 bits per heavy atom. The number of methoxy groups -OCH3 is 3. The summed E-state index contributed by atoms with van der Waals surface area (Å²) in [6.07, 6.45) is 1.20. The summed E-state index contributed by atoms with van der Waals surface area (Å²) < 4.78 is 16.1. The highest BCUT2D eigenvalue weighted by Gasteiger charge is 2.33. The summed E-state index contributed by atoms with van der Waals surface area (Å²) >= 11 is 0. The van der Waals surface area contributed by atoms with E-state index in [0.717, 1.165) is 29.7 Å². The Hall–Kier alpha value is -1.38.